The highest BCUT2D eigenvalue weighted by Crippen LogP contribution is 2.34. The Morgan fingerprint density at radius 1 is 1.10 bits per heavy atom. The van der Waals surface area contributed by atoms with Crippen molar-refractivity contribution in [1.29, 1.82) is 0 Å². The van der Waals surface area contributed by atoms with E-state index in [1.165, 1.54) is 0 Å². The van der Waals surface area contributed by atoms with Crippen molar-refractivity contribution in [2.45, 2.75) is 19.8 Å². The maximum Gasteiger partial charge on any atom is 0.227 e. The first kappa shape index (κ1) is 20.9. The van der Waals surface area contributed by atoms with Gasteiger partial charge in [0.25, 0.3) is 0 Å². The average Bonchev–Trinajstić information content (AvgIpc) is 2.72. The molecular formula is C20H30N6O3. The number of nitrogens with two attached hydrogens (primary N) is 1. The van der Waals surface area contributed by atoms with Gasteiger partial charge in [-0.25, -0.2) is 4.98 Å². The fraction of sp³-hybridized carbons (Fsp3) is 0.550. The van der Waals surface area contributed by atoms with Crippen LogP contribution in [0.15, 0.2) is 12.1 Å². The first-order valence-corrected chi connectivity index (χ1v) is 9.92. The minimum absolute atomic E-state index is 0.0318. The Bertz CT molecular complexity index is 852. The number of fused-ring (bicyclic) bond motifs is 1. The first-order valence-electron chi connectivity index (χ1n) is 9.92. The second kappa shape index (κ2) is 9.60. The van der Waals surface area contributed by atoms with E-state index in [0.717, 1.165) is 63.0 Å². The molecule has 1 aromatic carbocycles. The largest absolute Gasteiger partial charge is 0.493 e. The second-order valence-corrected chi connectivity index (χ2v) is 7.15. The number of unbranched alkanes of at least 4 members (excludes halogenated alkanes) is 1. The highest BCUT2D eigenvalue weighted by atomic mass is 16.5. The van der Waals surface area contributed by atoms with Crippen LogP contribution in [0.1, 0.15) is 19.8 Å². The predicted octanol–water partition coefficient (Wildman–Crippen LogP) is 1.27. The lowest BCUT2D eigenvalue weighted by atomic mass is 10.2. The van der Waals surface area contributed by atoms with Crippen molar-refractivity contribution in [2.75, 3.05) is 64.1 Å². The molecule has 158 valence electrons. The minimum atomic E-state index is 0.0318. The summed E-state index contributed by atoms with van der Waals surface area (Å²) in [6.45, 7) is 6.93. The van der Waals surface area contributed by atoms with Gasteiger partial charge in [0, 0.05) is 51.1 Å². The number of nitrogen functional groups attached to an aromatic ring is 1. The summed E-state index contributed by atoms with van der Waals surface area (Å²) in [6.07, 6.45) is 2.07. The van der Waals surface area contributed by atoms with Crippen molar-refractivity contribution >= 4 is 28.6 Å². The molecule has 2 heterocycles. The van der Waals surface area contributed by atoms with Crippen molar-refractivity contribution in [3.05, 3.63) is 12.1 Å². The van der Waals surface area contributed by atoms with Crippen LogP contribution in [-0.4, -0.2) is 74.3 Å². The summed E-state index contributed by atoms with van der Waals surface area (Å²) in [7, 11) is 3.19. The number of rotatable bonds is 8. The topological polar surface area (TPSA) is 106 Å². The third kappa shape index (κ3) is 5.17. The molecule has 0 saturated carbocycles. The van der Waals surface area contributed by atoms with Crippen LogP contribution in [0.3, 0.4) is 0 Å². The molecule has 0 radical (unpaired) electrons. The van der Waals surface area contributed by atoms with Crippen molar-refractivity contribution in [1.82, 2.24) is 20.2 Å². The summed E-state index contributed by atoms with van der Waals surface area (Å²) < 4.78 is 10.7. The molecule has 1 amide bonds. The second-order valence-electron chi connectivity index (χ2n) is 7.15. The number of carbonyl (C=O) groups excluding carboxylic acids is 1. The molecule has 9 nitrogen and oxygen atoms in total. The van der Waals surface area contributed by atoms with Crippen LogP contribution in [-0.2, 0) is 4.79 Å². The molecule has 0 unspecified atom stereocenters. The Hall–Kier alpha value is -2.81. The monoisotopic (exact) mass is 402 g/mol. The highest BCUT2D eigenvalue weighted by Gasteiger charge is 2.20. The number of piperazine rings is 1. The van der Waals surface area contributed by atoms with Crippen LogP contribution in [0.2, 0.25) is 0 Å². The van der Waals surface area contributed by atoms with Gasteiger partial charge in [0.15, 0.2) is 11.5 Å². The Balaban J connectivity index is 1.61. The smallest absolute Gasteiger partial charge is 0.227 e. The van der Waals surface area contributed by atoms with E-state index in [1.54, 1.807) is 21.1 Å². The third-order valence-electron chi connectivity index (χ3n) is 5.15. The van der Waals surface area contributed by atoms with E-state index in [4.69, 9.17) is 20.2 Å². The zero-order chi connectivity index (χ0) is 20.8. The van der Waals surface area contributed by atoms with E-state index in [1.807, 2.05) is 12.1 Å². The molecule has 2 aromatic rings. The molecule has 1 saturated heterocycles. The number of amides is 1. The molecule has 1 aliphatic rings. The number of hydrogen-bond acceptors (Lipinski definition) is 8. The van der Waals surface area contributed by atoms with Gasteiger partial charge in [0.2, 0.25) is 11.9 Å². The number of methoxy groups -OCH3 is 2. The van der Waals surface area contributed by atoms with Gasteiger partial charge in [0.1, 0.15) is 5.82 Å². The van der Waals surface area contributed by atoms with E-state index in [0.29, 0.717) is 23.3 Å². The molecule has 1 aromatic heterocycles. The van der Waals surface area contributed by atoms with Crippen LogP contribution in [0, 0.1) is 0 Å². The third-order valence-corrected chi connectivity index (χ3v) is 5.15. The molecule has 0 bridgehead atoms. The molecule has 1 fully saturated rings. The Morgan fingerprint density at radius 2 is 1.79 bits per heavy atom. The molecule has 0 spiro atoms. The van der Waals surface area contributed by atoms with Crippen LogP contribution in [0.4, 0.5) is 11.8 Å². The zero-order valence-corrected chi connectivity index (χ0v) is 17.4. The van der Waals surface area contributed by atoms with Gasteiger partial charge in [-0.3, -0.25) is 9.69 Å². The summed E-state index contributed by atoms with van der Waals surface area (Å²) in [5.74, 6) is 2.34. The average molecular weight is 402 g/mol. The van der Waals surface area contributed by atoms with Gasteiger partial charge in [-0.1, -0.05) is 0 Å². The van der Waals surface area contributed by atoms with Crippen molar-refractivity contribution in [3.8, 4) is 11.5 Å². The maximum atomic E-state index is 10.9. The van der Waals surface area contributed by atoms with E-state index in [2.05, 4.69) is 20.1 Å². The van der Waals surface area contributed by atoms with Crippen molar-refractivity contribution < 1.29 is 14.3 Å². The maximum absolute atomic E-state index is 10.9. The number of anilines is 2. The van der Waals surface area contributed by atoms with Crippen LogP contribution in [0.5, 0.6) is 11.5 Å². The molecule has 0 atom stereocenters. The molecule has 3 N–H and O–H groups in total. The van der Waals surface area contributed by atoms with Crippen LogP contribution < -0.4 is 25.4 Å². The van der Waals surface area contributed by atoms with E-state index < -0.39 is 0 Å². The number of carbonyl (C=O) groups is 1. The van der Waals surface area contributed by atoms with Gasteiger partial charge in [-0.15, -0.1) is 0 Å². The molecule has 0 aliphatic carbocycles. The summed E-state index contributed by atoms with van der Waals surface area (Å²) in [5, 5.41) is 3.59. The standard InChI is InChI=1S/C20H30N6O3/c1-14(27)22-6-4-5-7-25-8-10-26(11-9-25)20-23-16-13-18(29-3)17(28-2)12-15(16)19(21)24-20/h12-13H,4-11H2,1-3H3,(H,22,27)(H2,21,23,24). The number of ether oxygens (including phenoxy) is 2. The summed E-state index contributed by atoms with van der Waals surface area (Å²) in [5.41, 5.74) is 6.95. The highest BCUT2D eigenvalue weighted by molar-refractivity contribution is 5.91. The predicted molar refractivity (Wildman–Crippen MR) is 114 cm³/mol. The quantitative estimate of drug-likeness (QED) is 0.636. The summed E-state index contributed by atoms with van der Waals surface area (Å²) >= 11 is 0. The SMILES string of the molecule is COc1cc2nc(N3CCN(CCCCNC(C)=O)CC3)nc(N)c2cc1OC. The minimum Gasteiger partial charge on any atom is -0.493 e. The first-order chi connectivity index (χ1) is 14.0. The normalized spacial score (nSPS) is 14.8. The fourth-order valence-electron chi connectivity index (χ4n) is 3.50. The molecular weight excluding hydrogens is 372 g/mol. The van der Waals surface area contributed by atoms with Crippen molar-refractivity contribution in [2.24, 2.45) is 0 Å². The van der Waals surface area contributed by atoms with Crippen LogP contribution >= 0.6 is 0 Å². The van der Waals surface area contributed by atoms with E-state index in [9.17, 15) is 4.79 Å². The lowest BCUT2D eigenvalue weighted by Crippen LogP contribution is -2.47. The zero-order valence-electron chi connectivity index (χ0n) is 17.4. The van der Waals surface area contributed by atoms with E-state index in [-0.39, 0.29) is 5.91 Å². The number of benzene rings is 1. The molecule has 1 aliphatic heterocycles. The lowest BCUT2D eigenvalue weighted by Gasteiger charge is -2.34. The fourth-order valence-corrected chi connectivity index (χ4v) is 3.50. The Kier molecular flexibility index (Phi) is 6.92. The number of nitrogens with one attached hydrogen (secondary N) is 1. The van der Waals surface area contributed by atoms with Gasteiger partial charge in [-0.05, 0) is 25.5 Å². The molecule has 29 heavy (non-hydrogen) atoms. The Morgan fingerprint density at radius 3 is 2.45 bits per heavy atom. The number of aromatic nitrogens is 2. The van der Waals surface area contributed by atoms with E-state index >= 15 is 0 Å². The van der Waals surface area contributed by atoms with Gasteiger partial charge >= 0.3 is 0 Å². The number of hydrogen-bond donors (Lipinski definition) is 2. The molecule has 3 rings (SSSR count). The van der Waals surface area contributed by atoms with Crippen LogP contribution in [0.25, 0.3) is 10.9 Å². The molecule has 9 heteroatoms. The van der Waals surface area contributed by atoms with Crippen molar-refractivity contribution in [3.63, 3.8) is 0 Å². The summed E-state index contributed by atoms with van der Waals surface area (Å²) in [6, 6.07) is 3.65. The summed E-state index contributed by atoms with van der Waals surface area (Å²) in [4.78, 5) is 24.7. The van der Waals surface area contributed by atoms with Gasteiger partial charge in [0.05, 0.1) is 19.7 Å². The number of nitrogens with zero attached hydrogens (tertiary/aromatic N) is 4. The Labute approximate surface area is 171 Å². The van der Waals surface area contributed by atoms with Gasteiger partial charge in [-0.2, -0.15) is 4.98 Å². The lowest BCUT2D eigenvalue weighted by molar-refractivity contribution is -0.118. The van der Waals surface area contributed by atoms with Gasteiger partial charge < -0.3 is 25.4 Å².